The van der Waals surface area contributed by atoms with Crippen LogP contribution in [0.2, 0.25) is 0 Å². The Bertz CT molecular complexity index is 127. The average Bonchev–Trinajstić information content (AvgIpc) is 2.19. The van der Waals surface area contributed by atoms with Gasteiger partial charge < -0.3 is 10.2 Å². The van der Waals surface area contributed by atoms with Gasteiger partial charge in [-0.1, -0.05) is 6.42 Å². The predicted molar refractivity (Wildman–Crippen MR) is 64.9 cm³/mol. The lowest BCUT2D eigenvalue weighted by atomic mass is 10.1. The van der Waals surface area contributed by atoms with Crippen LogP contribution < -0.4 is 5.32 Å². The molecular weight excluding hydrogens is 200 g/mol. The molecule has 0 aromatic carbocycles. The number of hydrogen-bond donors (Lipinski definition) is 3. The molecule has 1 rings (SSSR count). The van der Waals surface area contributed by atoms with E-state index in [1.807, 2.05) is 0 Å². The Balaban J connectivity index is 1.98. The Kier molecular flexibility index (Phi) is 6.28. The predicted octanol–water partition coefficient (Wildman–Crippen LogP) is 1.25. The van der Waals surface area contributed by atoms with Crippen LogP contribution in [0.3, 0.4) is 0 Å². The molecule has 1 heterocycles. The first-order chi connectivity index (χ1) is 6.33. The summed E-state index contributed by atoms with van der Waals surface area (Å²) in [7, 11) is 0. The molecule has 0 aliphatic carbocycles. The van der Waals surface area contributed by atoms with Crippen LogP contribution in [0, 0.1) is 0 Å². The molecule has 1 aliphatic heterocycles. The molecule has 1 N–H and O–H groups in total. The lowest BCUT2D eigenvalue weighted by Crippen LogP contribution is -2.38. The quantitative estimate of drug-likeness (QED) is 0.477. The molecule has 1 saturated heterocycles. The van der Waals surface area contributed by atoms with Crippen molar-refractivity contribution in [3.63, 3.8) is 0 Å². The summed E-state index contributed by atoms with van der Waals surface area (Å²) in [6, 6.07) is 0. The van der Waals surface area contributed by atoms with Crippen molar-refractivity contribution in [2.24, 2.45) is 0 Å². The first kappa shape index (κ1) is 11.7. The number of piperidine rings is 1. The topological polar surface area (TPSA) is 15.3 Å². The third-order valence-electron chi connectivity index (χ3n) is 2.43. The van der Waals surface area contributed by atoms with Gasteiger partial charge in [0.15, 0.2) is 0 Å². The highest BCUT2D eigenvalue weighted by Crippen LogP contribution is 2.07. The fraction of sp³-hybridized carbons (Fsp3) is 1.00. The number of rotatable bonds is 5. The standard InChI is InChI=1S/C9H20N2S2/c12-8-9(13)10-4-7-11-5-2-1-3-6-11/h9-10,12-13H,1-8H2. The zero-order valence-electron chi connectivity index (χ0n) is 8.08. The zero-order chi connectivity index (χ0) is 9.52. The molecular formula is C9H20N2S2. The smallest absolute Gasteiger partial charge is 0.0592 e. The molecule has 2 nitrogen and oxygen atoms in total. The Morgan fingerprint density at radius 1 is 1.23 bits per heavy atom. The second kappa shape index (κ2) is 6.98. The highest BCUT2D eigenvalue weighted by Gasteiger charge is 2.09. The minimum atomic E-state index is 0.244. The van der Waals surface area contributed by atoms with Crippen molar-refractivity contribution >= 4 is 25.3 Å². The molecule has 1 aliphatic rings. The largest absolute Gasteiger partial charge is 0.304 e. The highest BCUT2D eigenvalue weighted by molar-refractivity contribution is 7.84. The van der Waals surface area contributed by atoms with Crippen LogP contribution in [0.1, 0.15) is 19.3 Å². The van der Waals surface area contributed by atoms with Gasteiger partial charge in [-0.3, -0.25) is 0 Å². The van der Waals surface area contributed by atoms with Crippen LogP contribution >= 0.6 is 25.3 Å². The van der Waals surface area contributed by atoms with Crippen LogP contribution in [-0.2, 0) is 0 Å². The molecule has 0 amide bonds. The number of hydrogen-bond acceptors (Lipinski definition) is 4. The Labute approximate surface area is 92.3 Å². The molecule has 4 heteroatoms. The Morgan fingerprint density at radius 3 is 2.54 bits per heavy atom. The van der Waals surface area contributed by atoms with Gasteiger partial charge in [0.1, 0.15) is 0 Å². The summed E-state index contributed by atoms with van der Waals surface area (Å²) >= 11 is 8.48. The average molecular weight is 220 g/mol. The van der Waals surface area contributed by atoms with Gasteiger partial charge >= 0.3 is 0 Å². The first-order valence-corrected chi connectivity index (χ1v) is 6.22. The molecule has 1 atom stereocenters. The molecule has 0 aromatic heterocycles. The molecule has 0 radical (unpaired) electrons. The number of thiol groups is 2. The summed E-state index contributed by atoms with van der Waals surface area (Å²) in [6.45, 7) is 4.75. The fourth-order valence-electron chi connectivity index (χ4n) is 1.64. The lowest BCUT2D eigenvalue weighted by Gasteiger charge is -2.26. The normalized spacial score (nSPS) is 21.7. The maximum atomic E-state index is 4.32. The molecule has 0 spiro atoms. The minimum absolute atomic E-state index is 0.244. The second-order valence-corrected chi connectivity index (χ2v) is 4.54. The maximum absolute atomic E-state index is 4.32. The Morgan fingerprint density at radius 2 is 1.92 bits per heavy atom. The number of nitrogens with one attached hydrogen (secondary N) is 1. The summed E-state index contributed by atoms with van der Waals surface area (Å²) in [5.74, 6) is 0.795. The van der Waals surface area contributed by atoms with Gasteiger partial charge in [-0.25, -0.2) is 0 Å². The van der Waals surface area contributed by atoms with E-state index in [2.05, 4.69) is 35.5 Å². The molecule has 0 aromatic rings. The Hall–Kier alpha value is 0.620. The van der Waals surface area contributed by atoms with Gasteiger partial charge in [0, 0.05) is 18.8 Å². The highest BCUT2D eigenvalue weighted by atomic mass is 32.1. The van der Waals surface area contributed by atoms with Crippen molar-refractivity contribution in [2.45, 2.75) is 24.6 Å². The van der Waals surface area contributed by atoms with E-state index in [4.69, 9.17) is 0 Å². The molecule has 1 unspecified atom stereocenters. The van der Waals surface area contributed by atoms with Gasteiger partial charge in [-0.05, 0) is 25.9 Å². The molecule has 1 fully saturated rings. The van der Waals surface area contributed by atoms with Gasteiger partial charge in [0.2, 0.25) is 0 Å². The van der Waals surface area contributed by atoms with Crippen molar-refractivity contribution in [3.05, 3.63) is 0 Å². The van der Waals surface area contributed by atoms with Gasteiger partial charge in [0.05, 0.1) is 5.37 Å². The minimum Gasteiger partial charge on any atom is -0.304 e. The monoisotopic (exact) mass is 220 g/mol. The van der Waals surface area contributed by atoms with E-state index in [9.17, 15) is 0 Å². The molecule has 0 saturated carbocycles. The summed E-state index contributed by atoms with van der Waals surface area (Å²) in [5, 5.41) is 3.57. The van der Waals surface area contributed by atoms with E-state index in [-0.39, 0.29) is 5.37 Å². The van der Waals surface area contributed by atoms with Gasteiger partial charge in [0.25, 0.3) is 0 Å². The van der Waals surface area contributed by atoms with Crippen molar-refractivity contribution < 1.29 is 0 Å². The lowest BCUT2D eigenvalue weighted by molar-refractivity contribution is 0.229. The second-order valence-electron chi connectivity index (χ2n) is 3.55. The van der Waals surface area contributed by atoms with Crippen molar-refractivity contribution in [1.82, 2.24) is 10.2 Å². The van der Waals surface area contributed by atoms with Crippen LogP contribution in [0.4, 0.5) is 0 Å². The summed E-state index contributed by atoms with van der Waals surface area (Å²) in [6.07, 6.45) is 4.16. The third-order valence-corrected chi connectivity index (χ3v) is 3.45. The zero-order valence-corrected chi connectivity index (χ0v) is 9.86. The van der Waals surface area contributed by atoms with E-state index in [1.54, 1.807) is 0 Å². The van der Waals surface area contributed by atoms with Gasteiger partial charge in [-0.2, -0.15) is 25.3 Å². The molecule has 13 heavy (non-hydrogen) atoms. The maximum Gasteiger partial charge on any atom is 0.0592 e. The molecule has 0 bridgehead atoms. The first-order valence-electron chi connectivity index (χ1n) is 5.07. The third kappa shape index (κ3) is 5.15. The summed E-state index contributed by atoms with van der Waals surface area (Å²) in [4.78, 5) is 2.52. The van der Waals surface area contributed by atoms with E-state index >= 15 is 0 Å². The number of likely N-dealkylation sites (tertiary alicyclic amines) is 1. The van der Waals surface area contributed by atoms with E-state index in [0.717, 1.165) is 18.8 Å². The SMILES string of the molecule is SCC(S)NCCN1CCCCC1. The summed E-state index contributed by atoms with van der Waals surface area (Å²) < 4.78 is 0. The van der Waals surface area contributed by atoms with Crippen LogP contribution in [0.5, 0.6) is 0 Å². The van der Waals surface area contributed by atoms with Crippen LogP contribution in [0.25, 0.3) is 0 Å². The van der Waals surface area contributed by atoms with Gasteiger partial charge in [-0.15, -0.1) is 0 Å². The van der Waals surface area contributed by atoms with E-state index in [0.29, 0.717) is 0 Å². The number of nitrogens with zero attached hydrogens (tertiary/aromatic N) is 1. The van der Waals surface area contributed by atoms with Crippen LogP contribution in [-0.4, -0.2) is 42.2 Å². The fourth-order valence-corrected chi connectivity index (χ4v) is 1.90. The van der Waals surface area contributed by atoms with Crippen molar-refractivity contribution in [1.29, 1.82) is 0 Å². The summed E-state index contributed by atoms with van der Waals surface area (Å²) in [5.41, 5.74) is 0. The van der Waals surface area contributed by atoms with Crippen molar-refractivity contribution in [2.75, 3.05) is 31.9 Å². The van der Waals surface area contributed by atoms with E-state index in [1.165, 1.54) is 32.4 Å². The van der Waals surface area contributed by atoms with E-state index < -0.39 is 0 Å². The molecule has 78 valence electrons. The van der Waals surface area contributed by atoms with Crippen molar-refractivity contribution in [3.8, 4) is 0 Å². The van der Waals surface area contributed by atoms with Crippen LogP contribution in [0.15, 0.2) is 0 Å².